The van der Waals surface area contributed by atoms with E-state index < -0.39 is 0 Å². The summed E-state index contributed by atoms with van der Waals surface area (Å²) in [4.78, 5) is 0. The molecule has 1 rings (SSSR count). The maximum absolute atomic E-state index is 3.87. The van der Waals surface area contributed by atoms with Crippen molar-refractivity contribution < 1.29 is 0 Å². The average molecular weight is 257 g/mol. The number of nitrogens with one attached hydrogen (secondary N) is 1. The molecule has 0 radical (unpaired) electrons. The van der Waals surface area contributed by atoms with Crippen molar-refractivity contribution in [2.75, 3.05) is 5.75 Å². The lowest BCUT2D eigenvalue weighted by Gasteiger charge is -2.24. The average Bonchev–Trinajstić information content (AvgIpc) is 2.73. The predicted molar refractivity (Wildman–Crippen MR) is 80.9 cm³/mol. The Balaban J connectivity index is 2.13. The highest BCUT2D eigenvalue weighted by molar-refractivity contribution is 7.99. The van der Waals surface area contributed by atoms with E-state index in [4.69, 9.17) is 0 Å². The van der Waals surface area contributed by atoms with Gasteiger partial charge in [0.05, 0.1) is 0 Å². The zero-order chi connectivity index (χ0) is 12.5. The minimum absolute atomic E-state index is 0.718. The van der Waals surface area contributed by atoms with Crippen molar-refractivity contribution in [3.8, 4) is 0 Å². The number of thioether (sulfide) groups is 1. The third kappa shape index (κ3) is 6.15. The number of rotatable bonds is 9. The van der Waals surface area contributed by atoms with Crippen LogP contribution in [0.4, 0.5) is 0 Å². The maximum atomic E-state index is 3.87. The van der Waals surface area contributed by atoms with Crippen molar-refractivity contribution >= 4 is 11.8 Å². The lowest BCUT2D eigenvalue weighted by atomic mass is 10.1. The summed E-state index contributed by atoms with van der Waals surface area (Å²) in [6.07, 6.45) is 11.2. The molecule has 0 amide bonds. The molecular weight excluding hydrogens is 226 g/mol. The van der Waals surface area contributed by atoms with Gasteiger partial charge in [0, 0.05) is 17.3 Å². The highest BCUT2D eigenvalue weighted by Gasteiger charge is 2.27. The van der Waals surface area contributed by atoms with Crippen LogP contribution >= 0.6 is 11.8 Å². The number of hydrogen-bond donors (Lipinski definition) is 1. The first-order valence-electron chi connectivity index (χ1n) is 7.65. The minimum atomic E-state index is 0.718. The van der Waals surface area contributed by atoms with Gasteiger partial charge in [-0.3, -0.25) is 0 Å². The summed E-state index contributed by atoms with van der Waals surface area (Å²) < 4.78 is 0. The Kier molecular flexibility index (Phi) is 8.38. The Hall–Kier alpha value is 0.310. The monoisotopic (exact) mass is 257 g/mol. The third-order valence-electron chi connectivity index (χ3n) is 3.82. The molecule has 0 heterocycles. The Labute approximate surface area is 113 Å². The fraction of sp³-hybridized carbons (Fsp3) is 1.00. The van der Waals surface area contributed by atoms with Gasteiger partial charge in [0.25, 0.3) is 0 Å². The predicted octanol–water partition coefficient (Wildman–Crippen LogP) is 4.61. The highest BCUT2D eigenvalue weighted by atomic mass is 32.2. The molecule has 1 fully saturated rings. The van der Waals surface area contributed by atoms with E-state index in [-0.39, 0.29) is 0 Å². The molecule has 0 aliphatic heterocycles. The quantitative estimate of drug-likeness (QED) is 0.605. The lowest BCUT2D eigenvalue weighted by molar-refractivity contribution is 0.422. The van der Waals surface area contributed by atoms with E-state index in [1.165, 1.54) is 57.1 Å². The normalized spacial score (nSPS) is 26.3. The van der Waals surface area contributed by atoms with Crippen LogP contribution in [0.1, 0.15) is 72.1 Å². The summed E-state index contributed by atoms with van der Waals surface area (Å²) in [6, 6.07) is 1.51. The van der Waals surface area contributed by atoms with E-state index in [9.17, 15) is 0 Å². The highest BCUT2D eigenvalue weighted by Crippen LogP contribution is 2.30. The summed E-state index contributed by atoms with van der Waals surface area (Å²) in [6.45, 7) is 6.94. The number of hydrogen-bond acceptors (Lipinski definition) is 2. The van der Waals surface area contributed by atoms with Crippen LogP contribution in [0, 0.1) is 0 Å². The summed E-state index contributed by atoms with van der Waals surface area (Å²) >= 11 is 2.16. The molecular formula is C15H31NS. The van der Waals surface area contributed by atoms with Gasteiger partial charge in [-0.25, -0.2) is 0 Å². The standard InChI is InChI=1S/C15H31NS/c1-4-6-7-8-10-13(3)16-14-11-9-12-15(14)17-5-2/h13-16H,4-12H2,1-3H3. The van der Waals surface area contributed by atoms with Gasteiger partial charge in [-0.1, -0.05) is 46.0 Å². The molecule has 0 aromatic rings. The SMILES string of the molecule is CCCCCCC(C)NC1CCCC1SCC. The lowest BCUT2D eigenvalue weighted by Crippen LogP contribution is -2.40. The fourth-order valence-corrected chi connectivity index (χ4v) is 4.06. The molecule has 3 atom stereocenters. The molecule has 0 spiro atoms. The summed E-state index contributed by atoms with van der Waals surface area (Å²) in [5.74, 6) is 1.27. The Morgan fingerprint density at radius 3 is 2.71 bits per heavy atom. The number of unbranched alkanes of at least 4 members (excludes halogenated alkanes) is 3. The molecule has 0 saturated heterocycles. The van der Waals surface area contributed by atoms with E-state index in [0.717, 1.165) is 17.3 Å². The Bertz CT molecular complexity index is 184. The van der Waals surface area contributed by atoms with Gasteiger partial charge in [-0.05, 0) is 31.9 Å². The molecule has 17 heavy (non-hydrogen) atoms. The van der Waals surface area contributed by atoms with E-state index in [2.05, 4.69) is 37.8 Å². The molecule has 1 saturated carbocycles. The molecule has 1 N–H and O–H groups in total. The van der Waals surface area contributed by atoms with Crippen LogP contribution in [0.3, 0.4) is 0 Å². The van der Waals surface area contributed by atoms with Crippen LogP contribution in [0.5, 0.6) is 0 Å². The van der Waals surface area contributed by atoms with E-state index in [0.29, 0.717) is 0 Å². The van der Waals surface area contributed by atoms with E-state index >= 15 is 0 Å². The molecule has 1 aliphatic rings. The second-order valence-electron chi connectivity index (χ2n) is 5.45. The van der Waals surface area contributed by atoms with E-state index in [1.807, 2.05) is 0 Å². The molecule has 102 valence electrons. The molecule has 1 nitrogen and oxygen atoms in total. The smallest absolute Gasteiger partial charge is 0.0201 e. The van der Waals surface area contributed by atoms with Crippen LogP contribution in [0.15, 0.2) is 0 Å². The van der Waals surface area contributed by atoms with Gasteiger partial charge < -0.3 is 5.32 Å². The van der Waals surface area contributed by atoms with Crippen molar-refractivity contribution in [3.05, 3.63) is 0 Å². The van der Waals surface area contributed by atoms with E-state index in [1.54, 1.807) is 0 Å². The van der Waals surface area contributed by atoms with Gasteiger partial charge in [-0.15, -0.1) is 0 Å². The van der Waals surface area contributed by atoms with Gasteiger partial charge >= 0.3 is 0 Å². The summed E-state index contributed by atoms with van der Waals surface area (Å²) in [7, 11) is 0. The van der Waals surface area contributed by atoms with Crippen LogP contribution in [-0.2, 0) is 0 Å². The van der Waals surface area contributed by atoms with Crippen molar-refractivity contribution in [1.82, 2.24) is 5.32 Å². The topological polar surface area (TPSA) is 12.0 Å². The molecule has 0 aromatic carbocycles. The Morgan fingerprint density at radius 1 is 1.18 bits per heavy atom. The fourth-order valence-electron chi connectivity index (χ4n) is 2.86. The van der Waals surface area contributed by atoms with Crippen molar-refractivity contribution in [2.24, 2.45) is 0 Å². The second-order valence-corrected chi connectivity index (χ2v) is 6.96. The molecule has 1 aliphatic carbocycles. The Morgan fingerprint density at radius 2 is 2.00 bits per heavy atom. The molecule has 0 aromatic heterocycles. The van der Waals surface area contributed by atoms with Crippen LogP contribution in [-0.4, -0.2) is 23.1 Å². The largest absolute Gasteiger partial charge is 0.310 e. The summed E-state index contributed by atoms with van der Waals surface area (Å²) in [5, 5.41) is 4.76. The first-order chi connectivity index (χ1) is 8.27. The van der Waals surface area contributed by atoms with Crippen LogP contribution in [0.2, 0.25) is 0 Å². The molecule has 3 unspecified atom stereocenters. The maximum Gasteiger partial charge on any atom is 0.0201 e. The molecule has 0 bridgehead atoms. The summed E-state index contributed by atoms with van der Waals surface area (Å²) in [5.41, 5.74) is 0. The van der Waals surface area contributed by atoms with Crippen LogP contribution < -0.4 is 5.32 Å². The van der Waals surface area contributed by atoms with Gasteiger partial charge in [0.1, 0.15) is 0 Å². The first kappa shape index (κ1) is 15.4. The van der Waals surface area contributed by atoms with Crippen molar-refractivity contribution in [3.63, 3.8) is 0 Å². The second kappa shape index (κ2) is 9.27. The van der Waals surface area contributed by atoms with Gasteiger partial charge in [-0.2, -0.15) is 11.8 Å². The van der Waals surface area contributed by atoms with Crippen LogP contribution in [0.25, 0.3) is 0 Å². The van der Waals surface area contributed by atoms with Gasteiger partial charge in [0.2, 0.25) is 0 Å². The van der Waals surface area contributed by atoms with Crippen molar-refractivity contribution in [2.45, 2.75) is 89.5 Å². The molecule has 2 heteroatoms. The third-order valence-corrected chi connectivity index (χ3v) is 5.15. The minimum Gasteiger partial charge on any atom is -0.310 e. The zero-order valence-corrected chi connectivity index (χ0v) is 12.8. The van der Waals surface area contributed by atoms with Gasteiger partial charge in [0.15, 0.2) is 0 Å². The van der Waals surface area contributed by atoms with Crippen molar-refractivity contribution in [1.29, 1.82) is 0 Å². The zero-order valence-electron chi connectivity index (χ0n) is 12.0. The first-order valence-corrected chi connectivity index (χ1v) is 8.70.